The first kappa shape index (κ1) is 21.1. The second kappa shape index (κ2) is 9.31. The lowest BCUT2D eigenvalue weighted by Gasteiger charge is -2.25. The third-order valence-electron chi connectivity index (χ3n) is 4.74. The van der Waals surface area contributed by atoms with Crippen molar-refractivity contribution >= 4 is 27.3 Å². The van der Waals surface area contributed by atoms with E-state index in [1.54, 1.807) is 13.2 Å². The van der Waals surface area contributed by atoms with Crippen molar-refractivity contribution in [2.75, 3.05) is 44.9 Å². The zero-order valence-corrected chi connectivity index (χ0v) is 18.1. The number of nitrogens with zero attached hydrogens (tertiary/aromatic N) is 4. The van der Waals surface area contributed by atoms with E-state index >= 15 is 0 Å². The molecule has 2 aromatic heterocycles. The van der Waals surface area contributed by atoms with Crippen LogP contribution in [-0.4, -0.2) is 60.5 Å². The third kappa shape index (κ3) is 4.62. The van der Waals surface area contributed by atoms with Gasteiger partial charge in [-0.2, -0.15) is 9.50 Å². The average Bonchev–Trinajstić information content (AvgIpc) is 3.22. The van der Waals surface area contributed by atoms with Gasteiger partial charge >= 0.3 is 0 Å². The number of hydrogen-bond acceptors (Lipinski definition) is 9. The molecule has 1 fully saturated rings. The molecule has 1 aliphatic heterocycles. The first-order valence-electron chi connectivity index (χ1n) is 9.90. The largest absolute Gasteiger partial charge is 0.493 e. The van der Waals surface area contributed by atoms with E-state index in [9.17, 15) is 9.59 Å². The number of fused-ring (bicyclic) bond motifs is 1. The molecule has 0 radical (unpaired) electrons. The molecule has 1 aromatic carbocycles. The molecule has 3 heterocycles. The van der Waals surface area contributed by atoms with Crippen LogP contribution >= 0.6 is 11.3 Å². The van der Waals surface area contributed by atoms with E-state index in [1.165, 1.54) is 21.9 Å². The van der Waals surface area contributed by atoms with E-state index < -0.39 is 11.5 Å². The molecular weight excluding hydrogens is 422 g/mol. The molecule has 1 amide bonds. The SMILES string of the molecule is CCOc1cc(CNC(=O)c2cc(=O)nc3sc(N4CCOCC4)nn23)ccc1OC. The van der Waals surface area contributed by atoms with Gasteiger partial charge in [0, 0.05) is 25.7 Å². The molecule has 0 bridgehead atoms. The van der Waals surface area contributed by atoms with Crippen LogP contribution in [0.5, 0.6) is 11.5 Å². The van der Waals surface area contributed by atoms with Gasteiger partial charge in [0.15, 0.2) is 11.5 Å². The van der Waals surface area contributed by atoms with Crippen LogP contribution in [0.3, 0.4) is 0 Å². The Bertz CT molecular complexity index is 1140. The Hall–Kier alpha value is -3.18. The first-order valence-corrected chi connectivity index (χ1v) is 10.7. The summed E-state index contributed by atoms with van der Waals surface area (Å²) in [6.45, 7) is 5.26. The van der Waals surface area contributed by atoms with Gasteiger partial charge in [-0.3, -0.25) is 9.59 Å². The van der Waals surface area contributed by atoms with Crippen LogP contribution in [0.25, 0.3) is 4.96 Å². The highest BCUT2D eigenvalue weighted by Gasteiger charge is 2.20. The molecule has 0 saturated carbocycles. The van der Waals surface area contributed by atoms with Gasteiger partial charge in [-0.15, -0.1) is 5.10 Å². The number of aromatic nitrogens is 3. The smallest absolute Gasteiger partial charge is 0.274 e. The maximum atomic E-state index is 12.9. The normalized spacial score (nSPS) is 13.9. The van der Waals surface area contributed by atoms with Crippen LogP contribution in [0.4, 0.5) is 5.13 Å². The fourth-order valence-electron chi connectivity index (χ4n) is 3.22. The molecule has 0 spiro atoms. The van der Waals surface area contributed by atoms with Gasteiger partial charge < -0.3 is 24.4 Å². The van der Waals surface area contributed by atoms with Crippen molar-refractivity contribution in [3.63, 3.8) is 0 Å². The van der Waals surface area contributed by atoms with Crippen molar-refractivity contribution in [2.24, 2.45) is 0 Å². The molecule has 31 heavy (non-hydrogen) atoms. The molecular formula is C20H23N5O5S. The number of methoxy groups -OCH3 is 1. The van der Waals surface area contributed by atoms with Gasteiger partial charge in [-0.25, -0.2) is 0 Å². The lowest BCUT2D eigenvalue weighted by Crippen LogP contribution is -2.36. The summed E-state index contributed by atoms with van der Waals surface area (Å²) in [6.07, 6.45) is 0. The maximum absolute atomic E-state index is 12.9. The van der Waals surface area contributed by atoms with Crippen molar-refractivity contribution in [1.82, 2.24) is 19.9 Å². The van der Waals surface area contributed by atoms with E-state index in [0.717, 1.165) is 5.56 Å². The van der Waals surface area contributed by atoms with Crippen LogP contribution in [0, 0.1) is 0 Å². The van der Waals surface area contributed by atoms with Gasteiger partial charge in [0.2, 0.25) is 10.1 Å². The second-order valence-corrected chi connectivity index (χ2v) is 7.69. The highest BCUT2D eigenvalue weighted by molar-refractivity contribution is 7.20. The number of anilines is 1. The summed E-state index contributed by atoms with van der Waals surface area (Å²) in [7, 11) is 1.57. The molecule has 0 atom stereocenters. The van der Waals surface area contributed by atoms with Crippen LogP contribution < -0.4 is 25.2 Å². The number of hydrogen-bond donors (Lipinski definition) is 1. The minimum Gasteiger partial charge on any atom is -0.493 e. The number of amides is 1. The summed E-state index contributed by atoms with van der Waals surface area (Å²) in [6, 6.07) is 6.65. The van der Waals surface area contributed by atoms with Crippen molar-refractivity contribution < 1.29 is 19.0 Å². The summed E-state index contributed by atoms with van der Waals surface area (Å²) >= 11 is 1.28. The number of ether oxygens (including phenoxy) is 3. The van der Waals surface area contributed by atoms with Crippen LogP contribution in [-0.2, 0) is 11.3 Å². The molecule has 3 aromatic rings. The molecule has 0 aliphatic carbocycles. The summed E-state index contributed by atoms with van der Waals surface area (Å²) in [4.78, 5) is 31.4. The second-order valence-electron chi connectivity index (χ2n) is 6.76. The number of carbonyl (C=O) groups is 1. The van der Waals surface area contributed by atoms with Crippen molar-refractivity contribution in [3.05, 3.63) is 45.9 Å². The van der Waals surface area contributed by atoms with Crippen LogP contribution in [0.1, 0.15) is 23.0 Å². The predicted molar refractivity (Wildman–Crippen MR) is 115 cm³/mol. The highest BCUT2D eigenvalue weighted by Crippen LogP contribution is 2.28. The number of nitrogens with one attached hydrogen (secondary N) is 1. The van der Waals surface area contributed by atoms with Gasteiger partial charge in [0.05, 0.1) is 26.9 Å². The Morgan fingerprint density at radius 1 is 1.26 bits per heavy atom. The molecule has 0 unspecified atom stereocenters. The van der Waals surface area contributed by atoms with Crippen molar-refractivity contribution in [1.29, 1.82) is 0 Å². The average molecular weight is 446 g/mol. The van der Waals surface area contributed by atoms with Crippen molar-refractivity contribution in [3.8, 4) is 11.5 Å². The molecule has 164 valence electrons. The quantitative estimate of drug-likeness (QED) is 0.580. The molecule has 10 nitrogen and oxygen atoms in total. The van der Waals surface area contributed by atoms with E-state index in [4.69, 9.17) is 14.2 Å². The summed E-state index contributed by atoms with van der Waals surface area (Å²) in [5.74, 6) is 0.813. The highest BCUT2D eigenvalue weighted by atomic mass is 32.1. The minimum absolute atomic E-state index is 0.143. The number of morpholine rings is 1. The Labute approximate surface area is 182 Å². The van der Waals surface area contributed by atoms with Crippen LogP contribution in [0.15, 0.2) is 29.1 Å². The fourth-order valence-corrected chi connectivity index (χ4v) is 4.18. The van der Waals surface area contributed by atoms with Crippen LogP contribution in [0.2, 0.25) is 0 Å². The molecule has 1 saturated heterocycles. The topological polar surface area (TPSA) is 107 Å². The molecule has 11 heteroatoms. The lowest BCUT2D eigenvalue weighted by atomic mass is 10.2. The number of rotatable bonds is 7. The first-order chi connectivity index (χ1) is 15.1. The summed E-state index contributed by atoms with van der Waals surface area (Å²) < 4.78 is 17.7. The predicted octanol–water partition coefficient (Wildman–Crippen LogP) is 1.32. The monoisotopic (exact) mass is 445 g/mol. The standard InChI is InChI=1S/C20H23N5O5S/c1-3-30-16-10-13(4-5-15(16)28-2)12-21-18(27)14-11-17(26)22-19-25(14)23-20(31-19)24-6-8-29-9-7-24/h4-5,10-11H,3,6-9,12H2,1-2H3,(H,21,27). The van der Waals surface area contributed by atoms with Gasteiger partial charge in [0.25, 0.3) is 11.5 Å². The summed E-state index contributed by atoms with van der Waals surface area (Å²) in [5.41, 5.74) is 0.497. The zero-order valence-electron chi connectivity index (χ0n) is 17.3. The van der Waals surface area contributed by atoms with Crippen molar-refractivity contribution in [2.45, 2.75) is 13.5 Å². The fraction of sp³-hybridized carbons (Fsp3) is 0.400. The molecule has 1 aliphatic rings. The Morgan fingerprint density at radius 3 is 2.81 bits per heavy atom. The van der Waals surface area contributed by atoms with E-state index in [2.05, 4.69) is 20.3 Å². The summed E-state index contributed by atoms with van der Waals surface area (Å²) in [5, 5.41) is 8.06. The van der Waals surface area contributed by atoms with E-state index in [-0.39, 0.29) is 12.2 Å². The Morgan fingerprint density at radius 2 is 2.06 bits per heavy atom. The maximum Gasteiger partial charge on any atom is 0.274 e. The number of carbonyl (C=O) groups excluding carboxylic acids is 1. The van der Waals surface area contributed by atoms with Gasteiger partial charge in [-0.1, -0.05) is 17.4 Å². The van der Waals surface area contributed by atoms with Gasteiger partial charge in [-0.05, 0) is 24.6 Å². The minimum atomic E-state index is -0.481. The molecule has 4 rings (SSSR count). The molecule has 1 N–H and O–H groups in total. The van der Waals surface area contributed by atoms with Gasteiger partial charge in [0.1, 0.15) is 5.69 Å². The third-order valence-corrected chi connectivity index (χ3v) is 5.71. The zero-order chi connectivity index (χ0) is 21.8. The Balaban J connectivity index is 1.55. The lowest BCUT2D eigenvalue weighted by molar-refractivity contribution is 0.0943. The van der Waals surface area contributed by atoms with E-state index in [1.807, 2.05) is 19.1 Å². The Kier molecular flexibility index (Phi) is 6.33. The number of benzene rings is 1. The van der Waals surface area contributed by atoms with E-state index in [0.29, 0.717) is 54.5 Å².